The fourth-order valence-electron chi connectivity index (χ4n) is 2.12. The van der Waals surface area contributed by atoms with Crippen molar-refractivity contribution < 1.29 is 18.8 Å². The Morgan fingerprint density at radius 1 is 1.65 bits per heavy atom. The number of carbonyl (C=O) groups excluding carboxylic acids is 1. The van der Waals surface area contributed by atoms with E-state index in [1.54, 1.807) is 13.0 Å². The van der Waals surface area contributed by atoms with Gasteiger partial charge in [0.25, 0.3) is 0 Å². The number of anilines is 1. The number of rotatable bonds is 5. The maximum absolute atomic E-state index is 14.1. The van der Waals surface area contributed by atoms with Crippen LogP contribution in [-0.4, -0.2) is 43.2 Å². The monoisotopic (exact) mass is 340 g/mol. The van der Waals surface area contributed by atoms with Crippen molar-refractivity contribution in [2.45, 2.75) is 13.0 Å². The lowest BCUT2D eigenvalue weighted by Crippen LogP contribution is -2.32. The number of ether oxygens (including phenoxy) is 1. The third-order valence-electron chi connectivity index (χ3n) is 3.18. The highest BCUT2D eigenvalue weighted by atomic mass is 32.1. The number of thiocarbonyl (C=S) groups is 1. The molecule has 23 heavy (non-hydrogen) atoms. The van der Waals surface area contributed by atoms with Crippen molar-refractivity contribution in [3.05, 3.63) is 29.6 Å². The van der Waals surface area contributed by atoms with E-state index < -0.39 is 11.9 Å². The summed E-state index contributed by atoms with van der Waals surface area (Å²) < 4.78 is 19.3. The minimum atomic E-state index is -0.607. The van der Waals surface area contributed by atoms with Gasteiger partial charge in [-0.05, 0) is 25.1 Å². The molecule has 7 nitrogen and oxygen atoms in total. The number of nitrogens with one attached hydrogen (secondary N) is 1. The van der Waals surface area contributed by atoms with Crippen LogP contribution in [0.25, 0.3) is 0 Å². The lowest BCUT2D eigenvalue weighted by Gasteiger charge is -2.14. The topological polar surface area (TPSA) is 89.2 Å². The summed E-state index contributed by atoms with van der Waals surface area (Å²) in [6.07, 6.45) is -0.896. The average molecular weight is 340 g/mol. The van der Waals surface area contributed by atoms with Crippen molar-refractivity contribution in [2.24, 2.45) is 10.9 Å². The first kappa shape index (κ1) is 16.9. The number of nitrogens with zero attached hydrogens (tertiary/aromatic N) is 2. The number of oxime groups is 1. The molecule has 9 heteroatoms. The van der Waals surface area contributed by atoms with Crippen LogP contribution in [-0.2, 0) is 9.57 Å². The molecule has 2 rings (SSSR count). The van der Waals surface area contributed by atoms with Crippen LogP contribution in [0.5, 0.6) is 0 Å². The lowest BCUT2D eigenvalue weighted by molar-refractivity contribution is 0.143. The van der Waals surface area contributed by atoms with Crippen LogP contribution < -0.4 is 16.0 Å². The highest BCUT2D eigenvalue weighted by Gasteiger charge is 2.32. The SMILES string of the molecule is CO/N=C(\N)c1ccc(N2C[C@H](CNC(C)=S)OC2=O)cc1F. The van der Waals surface area contributed by atoms with E-state index in [-0.39, 0.29) is 17.5 Å². The zero-order valence-corrected chi connectivity index (χ0v) is 13.5. The van der Waals surface area contributed by atoms with Crippen LogP contribution in [0.4, 0.5) is 14.9 Å². The van der Waals surface area contributed by atoms with Crippen molar-refractivity contribution in [2.75, 3.05) is 25.1 Å². The Labute approximate surface area is 138 Å². The molecule has 1 amide bonds. The third-order valence-corrected chi connectivity index (χ3v) is 3.33. The molecule has 124 valence electrons. The number of hydrogen-bond donors (Lipinski definition) is 2. The minimum absolute atomic E-state index is 0.0842. The molecule has 1 atom stereocenters. The largest absolute Gasteiger partial charge is 0.442 e. The van der Waals surface area contributed by atoms with Gasteiger partial charge in [-0.25, -0.2) is 9.18 Å². The summed E-state index contributed by atoms with van der Waals surface area (Å²) in [5.74, 6) is -0.691. The Bertz CT molecular complexity index is 653. The molecule has 3 N–H and O–H groups in total. The molecule has 0 aliphatic carbocycles. The molecular formula is C14H17FN4O3S. The van der Waals surface area contributed by atoms with Crippen molar-refractivity contribution in [1.82, 2.24) is 5.32 Å². The number of nitrogens with two attached hydrogens (primary N) is 1. The first-order chi connectivity index (χ1) is 10.9. The van der Waals surface area contributed by atoms with Gasteiger partial charge in [0.15, 0.2) is 5.84 Å². The Morgan fingerprint density at radius 3 is 3.00 bits per heavy atom. The van der Waals surface area contributed by atoms with Gasteiger partial charge in [-0.2, -0.15) is 0 Å². The van der Waals surface area contributed by atoms with E-state index in [2.05, 4.69) is 15.3 Å². The summed E-state index contributed by atoms with van der Waals surface area (Å²) in [6.45, 7) is 2.45. The molecule has 0 saturated carbocycles. The van der Waals surface area contributed by atoms with Crippen LogP contribution in [0.3, 0.4) is 0 Å². The molecule has 1 aromatic rings. The van der Waals surface area contributed by atoms with Gasteiger partial charge in [-0.1, -0.05) is 17.4 Å². The predicted octanol–water partition coefficient (Wildman–Crippen LogP) is 1.35. The maximum atomic E-state index is 14.1. The van der Waals surface area contributed by atoms with Crippen LogP contribution in [0.15, 0.2) is 23.4 Å². The Balaban J connectivity index is 2.13. The van der Waals surface area contributed by atoms with Gasteiger partial charge in [-0.3, -0.25) is 4.90 Å². The minimum Gasteiger partial charge on any atom is -0.442 e. The van der Waals surface area contributed by atoms with Crippen molar-refractivity contribution in [3.8, 4) is 0 Å². The van der Waals surface area contributed by atoms with Gasteiger partial charge in [-0.15, -0.1) is 0 Å². The molecular weight excluding hydrogens is 323 g/mol. The fraction of sp³-hybridized carbons (Fsp3) is 0.357. The summed E-state index contributed by atoms with van der Waals surface area (Å²) in [4.78, 5) is 18.4. The Hall–Kier alpha value is -2.42. The van der Waals surface area contributed by atoms with Gasteiger partial charge >= 0.3 is 6.09 Å². The normalized spacial score (nSPS) is 17.9. The predicted molar refractivity (Wildman–Crippen MR) is 88.0 cm³/mol. The Morgan fingerprint density at radius 2 is 2.39 bits per heavy atom. The summed E-state index contributed by atoms with van der Waals surface area (Å²) in [6, 6.07) is 4.20. The van der Waals surface area contributed by atoms with Gasteiger partial charge in [0.1, 0.15) is 19.0 Å². The van der Waals surface area contributed by atoms with Crippen molar-refractivity contribution in [3.63, 3.8) is 0 Å². The summed E-state index contributed by atoms with van der Waals surface area (Å²) >= 11 is 4.91. The van der Waals surface area contributed by atoms with Gasteiger partial charge in [0, 0.05) is 0 Å². The van der Waals surface area contributed by atoms with Crippen LogP contribution in [0.1, 0.15) is 12.5 Å². The first-order valence-corrected chi connectivity index (χ1v) is 7.22. The number of halogens is 1. The number of benzene rings is 1. The molecule has 1 aromatic carbocycles. The number of hydrogen-bond acceptors (Lipinski definition) is 5. The molecule has 1 aliphatic rings. The number of carbonyl (C=O) groups is 1. The summed E-state index contributed by atoms with van der Waals surface area (Å²) in [5, 5.41) is 6.42. The second-order valence-electron chi connectivity index (χ2n) is 4.88. The van der Waals surface area contributed by atoms with Crippen LogP contribution >= 0.6 is 12.2 Å². The van der Waals surface area contributed by atoms with Crippen LogP contribution in [0.2, 0.25) is 0 Å². The quantitative estimate of drug-likeness (QED) is 0.364. The summed E-state index contributed by atoms with van der Waals surface area (Å²) in [7, 11) is 1.32. The zero-order chi connectivity index (χ0) is 17.0. The molecule has 1 saturated heterocycles. The molecule has 0 aromatic heterocycles. The molecule has 1 heterocycles. The van der Waals surface area contributed by atoms with E-state index in [4.69, 9.17) is 22.7 Å². The lowest BCUT2D eigenvalue weighted by atomic mass is 10.1. The van der Waals surface area contributed by atoms with E-state index in [9.17, 15) is 9.18 Å². The van der Waals surface area contributed by atoms with Crippen LogP contribution in [0, 0.1) is 5.82 Å². The highest BCUT2D eigenvalue weighted by Crippen LogP contribution is 2.24. The van der Waals surface area contributed by atoms with E-state index in [1.807, 2.05) is 0 Å². The highest BCUT2D eigenvalue weighted by molar-refractivity contribution is 7.80. The van der Waals surface area contributed by atoms with Crippen molar-refractivity contribution in [1.29, 1.82) is 0 Å². The molecule has 0 unspecified atom stereocenters. The molecule has 0 radical (unpaired) electrons. The second-order valence-corrected chi connectivity index (χ2v) is 5.49. The second kappa shape index (κ2) is 7.23. The van der Waals surface area contributed by atoms with Gasteiger partial charge in [0.2, 0.25) is 0 Å². The molecule has 1 aliphatic heterocycles. The number of amides is 1. The molecule has 0 bridgehead atoms. The average Bonchev–Trinajstić information content (AvgIpc) is 2.86. The van der Waals surface area contributed by atoms with Gasteiger partial charge < -0.3 is 20.6 Å². The molecule has 0 spiro atoms. The van der Waals surface area contributed by atoms with E-state index in [0.29, 0.717) is 23.8 Å². The van der Waals surface area contributed by atoms with Crippen molar-refractivity contribution >= 4 is 34.8 Å². The number of cyclic esters (lactones) is 1. The molecule has 1 fully saturated rings. The Kier molecular flexibility index (Phi) is 5.32. The van der Waals surface area contributed by atoms with E-state index in [1.165, 1.54) is 24.1 Å². The summed E-state index contributed by atoms with van der Waals surface area (Å²) in [5.41, 5.74) is 6.06. The van der Waals surface area contributed by atoms with Gasteiger partial charge in [0.05, 0.1) is 29.3 Å². The maximum Gasteiger partial charge on any atom is 0.414 e. The number of amidine groups is 1. The van der Waals surface area contributed by atoms with E-state index in [0.717, 1.165) is 0 Å². The zero-order valence-electron chi connectivity index (χ0n) is 12.7. The third kappa shape index (κ3) is 4.07. The van der Waals surface area contributed by atoms with E-state index >= 15 is 0 Å². The standard InChI is InChI=1S/C14H17FN4O3S/c1-8(23)17-6-10-7-19(14(20)22-10)9-3-4-11(12(15)5-9)13(16)18-21-2/h3-5,10H,6-7H2,1-2H3,(H2,16,18)(H,17,23)/t10-/m0/s1. The smallest absolute Gasteiger partial charge is 0.414 e. The fourth-order valence-corrected chi connectivity index (χ4v) is 2.21. The first-order valence-electron chi connectivity index (χ1n) is 6.81.